The standard InChI is InChI=1S/C7H11N3O3S3/c8-6(12)4-1-14-16-15-2-5(9-3-11)7(13)10-4/h3-5H,1-2H2,(H2,8,12)(H,9,11)(H,10,13)/t4-,5-/m1/s1. The Hall–Kier alpha value is -0.540. The van der Waals surface area contributed by atoms with Crippen molar-refractivity contribution in [1.29, 1.82) is 0 Å². The summed E-state index contributed by atoms with van der Waals surface area (Å²) in [6, 6.07) is -1.32. The molecule has 0 aromatic heterocycles. The molecular weight excluding hydrogens is 270 g/mol. The van der Waals surface area contributed by atoms with Crippen LogP contribution in [0.2, 0.25) is 0 Å². The first-order valence-corrected chi connectivity index (χ1v) is 8.17. The van der Waals surface area contributed by atoms with E-state index in [0.717, 1.165) is 0 Å². The quantitative estimate of drug-likeness (QED) is 0.458. The molecule has 1 rings (SSSR count). The van der Waals surface area contributed by atoms with Gasteiger partial charge in [-0.3, -0.25) is 14.4 Å². The Morgan fingerprint density at radius 3 is 2.81 bits per heavy atom. The SMILES string of the molecule is NC(=O)[C@H]1CSSSC[C@@H](NC=O)C(=O)N1. The third-order valence-corrected chi connectivity index (χ3v) is 6.07. The van der Waals surface area contributed by atoms with Crippen molar-refractivity contribution in [3.8, 4) is 0 Å². The number of primary amides is 1. The lowest BCUT2D eigenvalue weighted by Gasteiger charge is -2.17. The highest BCUT2D eigenvalue weighted by atomic mass is 33.5. The normalized spacial score (nSPS) is 26.9. The highest BCUT2D eigenvalue weighted by Gasteiger charge is 2.25. The van der Waals surface area contributed by atoms with Crippen LogP contribution in [0.25, 0.3) is 0 Å². The molecule has 3 amide bonds. The van der Waals surface area contributed by atoms with Gasteiger partial charge in [-0.1, -0.05) is 21.6 Å². The summed E-state index contributed by atoms with van der Waals surface area (Å²) < 4.78 is 0. The fraction of sp³-hybridized carbons (Fsp3) is 0.571. The first-order valence-electron chi connectivity index (χ1n) is 4.35. The van der Waals surface area contributed by atoms with Gasteiger partial charge in [0.2, 0.25) is 18.2 Å². The topological polar surface area (TPSA) is 101 Å². The minimum atomic E-state index is -0.695. The third-order valence-electron chi connectivity index (χ3n) is 1.81. The van der Waals surface area contributed by atoms with Crippen LogP contribution < -0.4 is 16.4 Å². The summed E-state index contributed by atoms with van der Waals surface area (Å²) in [5.74, 6) is -0.0787. The van der Waals surface area contributed by atoms with Crippen LogP contribution in [0.3, 0.4) is 0 Å². The molecule has 0 bridgehead atoms. The second-order valence-corrected chi connectivity index (χ2v) is 7.26. The molecule has 0 unspecified atom stereocenters. The molecule has 1 fully saturated rings. The lowest BCUT2D eigenvalue weighted by atomic mass is 10.2. The van der Waals surface area contributed by atoms with Crippen molar-refractivity contribution in [1.82, 2.24) is 10.6 Å². The van der Waals surface area contributed by atoms with E-state index in [9.17, 15) is 14.4 Å². The zero-order chi connectivity index (χ0) is 12.0. The van der Waals surface area contributed by atoms with Gasteiger partial charge in [-0.05, 0) is 9.83 Å². The Balaban J connectivity index is 2.67. The van der Waals surface area contributed by atoms with Crippen LogP contribution in [-0.2, 0) is 14.4 Å². The maximum absolute atomic E-state index is 11.7. The second kappa shape index (κ2) is 6.92. The predicted molar refractivity (Wildman–Crippen MR) is 66.6 cm³/mol. The monoisotopic (exact) mass is 281 g/mol. The lowest BCUT2D eigenvalue weighted by Crippen LogP contribution is -2.53. The van der Waals surface area contributed by atoms with Gasteiger partial charge < -0.3 is 16.4 Å². The molecule has 0 aliphatic carbocycles. The maximum atomic E-state index is 11.7. The molecule has 1 saturated heterocycles. The summed E-state index contributed by atoms with van der Waals surface area (Å²) in [7, 11) is 4.37. The van der Waals surface area contributed by atoms with E-state index in [-0.39, 0.29) is 5.91 Å². The van der Waals surface area contributed by atoms with E-state index >= 15 is 0 Å². The third kappa shape index (κ3) is 4.14. The predicted octanol–water partition coefficient (Wildman–Crippen LogP) is -0.886. The van der Waals surface area contributed by atoms with E-state index in [1.807, 2.05) is 0 Å². The molecule has 0 aromatic carbocycles. The first-order chi connectivity index (χ1) is 7.65. The Kier molecular flexibility index (Phi) is 5.85. The number of rotatable bonds is 3. The van der Waals surface area contributed by atoms with Crippen molar-refractivity contribution in [2.75, 3.05) is 11.5 Å². The minimum Gasteiger partial charge on any atom is -0.368 e. The van der Waals surface area contributed by atoms with Gasteiger partial charge in [0.1, 0.15) is 12.1 Å². The number of hydrogen-bond acceptors (Lipinski definition) is 6. The zero-order valence-corrected chi connectivity index (χ0v) is 10.6. The summed E-state index contributed by atoms with van der Waals surface area (Å²) in [6.07, 6.45) is 0.472. The highest BCUT2D eigenvalue weighted by molar-refractivity contribution is 9.09. The molecule has 4 N–H and O–H groups in total. The summed E-state index contributed by atoms with van der Waals surface area (Å²) in [5.41, 5.74) is 5.15. The largest absolute Gasteiger partial charge is 0.368 e. The molecule has 1 heterocycles. The molecule has 90 valence electrons. The highest BCUT2D eigenvalue weighted by Crippen LogP contribution is 2.35. The summed E-state index contributed by atoms with van der Waals surface area (Å²) in [5, 5.41) is 4.91. The van der Waals surface area contributed by atoms with Crippen LogP contribution in [0, 0.1) is 0 Å². The molecule has 0 aromatic rings. The molecule has 1 aliphatic heterocycles. The summed E-state index contributed by atoms with van der Waals surface area (Å²) in [4.78, 5) is 33.0. The van der Waals surface area contributed by atoms with Gasteiger partial charge in [0, 0.05) is 11.5 Å². The maximum Gasteiger partial charge on any atom is 0.244 e. The van der Waals surface area contributed by atoms with Crippen molar-refractivity contribution in [2.24, 2.45) is 5.73 Å². The van der Waals surface area contributed by atoms with Crippen LogP contribution in [0.15, 0.2) is 0 Å². The molecule has 16 heavy (non-hydrogen) atoms. The Morgan fingerprint density at radius 2 is 2.19 bits per heavy atom. The number of nitrogens with one attached hydrogen (secondary N) is 2. The van der Waals surface area contributed by atoms with Crippen molar-refractivity contribution in [3.05, 3.63) is 0 Å². The molecule has 2 atom stereocenters. The number of carbonyl (C=O) groups is 3. The second-order valence-electron chi connectivity index (χ2n) is 2.94. The van der Waals surface area contributed by atoms with E-state index in [1.54, 1.807) is 0 Å². The van der Waals surface area contributed by atoms with Crippen molar-refractivity contribution < 1.29 is 14.4 Å². The van der Waals surface area contributed by atoms with E-state index in [4.69, 9.17) is 5.73 Å². The van der Waals surface area contributed by atoms with Crippen LogP contribution in [0.1, 0.15) is 0 Å². The average molecular weight is 281 g/mol. The molecule has 1 aliphatic rings. The van der Waals surface area contributed by atoms with E-state index < -0.39 is 18.0 Å². The fourth-order valence-electron chi connectivity index (χ4n) is 0.975. The zero-order valence-electron chi connectivity index (χ0n) is 8.17. The Morgan fingerprint density at radius 1 is 1.50 bits per heavy atom. The van der Waals surface area contributed by atoms with Crippen molar-refractivity contribution >= 4 is 49.6 Å². The van der Waals surface area contributed by atoms with Gasteiger partial charge in [0.15, 0.2) is 0 Å². The van der Waals surface area contributed by atoms with E-state index in [1.165, 1.54) is 31.4 Å². The van der Waals surface area contributed by atoms with Gasteiger partial charge in [-0.25, -0.2) is 0 Å². The van der Waals surface area contributed by atoms with Crippen LogP contribution in [0.4, 0.5) is 0 Å². The Labute approximate surface area is 104 Å². The molecule has 0 radical (unpaired) electrons. The minimum absolute atomic E-state index is 0.383. The van der Waals surface area contributed by atoms with Gasteiger partial charge >= 0.3 is 0 Å². The van der Waals surface area contributed by atoms with Crippen LogP contribution >= 0.6 is 31.4 Å². The summed E-state index contributed by atoms with van der Waals surface area (Å²) in [6.45, 7) is 0. The molecule has 0 spiro atoms. The van der Waals surface area contributed by atoms with Crippen molar-refractivity contribution in [3.63, 3.8) is 0 Å². The van der Waals surface area contributed by atoms with Gasteiger partial charge in [0.25, 0.3) is 0 Å². The molecule has 0 saturated carbocycles. The number of carbonyl (C=O) groups excluding carboxylic acids is 3. The van der Waals surface area contributed by atoms with Crippen LogP contribution in [0.5, 0.6) is 0 Å². The number of hydrogen-bond donors (Lipinski definition) is 3. The molecular formula is C7H11N3O3S3. The fourth-order valence-corrected chi connectivity index (χ4v) is 4.89. The van der Waals surface area contributed by atoms with Crippen LogP contribution in [-0.4, -0.2) is 41.8 Å². The Bertz CT molecular complexity index is 289. The van der Waals surface area contributed by atoms with Gasteiger partial charge in [0.05, 0.1) is 0 Å². The molecule has 9 heteroatoms. The number of nitrogens with two attached hydrogens (primary N) is 1. The number of amides is 3. The summed E-state index contributed by atoms with van der Waals surface area (Å²) >= 11 is 0. The lowest BCUT2D eigenvalue weighted by molar-refractivity contribution is -0.128. The first kappa shape index (κ1) is 13.5. The van der Waals surface area contributed by atoms with Gasteiger partial charge in [-0.15, -0.1) is 0 Å². The van der Waals surface area contributed by atoms with E-state index in [2.05, 4.69) is 10.6 Å². The van der Waals surface area contributed by atoms with E-state index in [0.29, 0.717) is 17.9 Å². The molecule has 6 nitrogen and oxygen atoms in total. The average Bonchev–Trinajstić information content (AvgIpc) is 2.32. The van der Waals surface area contributed by atoms with Gasteiger partial charge in [-0.2, -0.15) is 0 Å². The smallest absolute Gasteiger partial charge is 0.244 e. The van der Waals surface area contributed by atoms with Crippen molar-refractivity contribution in [2.45, 2.75) is 12.1 Å².